The highest BCUT2D eigenvalue weighted by molar-refractivity contribution is 6.01. The predicted octanol–water partition coefficient (Wildman–Crippen LogP) is 1.09. The van der Waals surface area contributed by atoms with Crippen LogP contribution in [0.1, 0.15) is 5.56 Å². The highest BCUT2D eigenvalue weighted by atomic mass is 16.5. The number of benzene rings is 1. The highest BCUT2D eigenvalue weighted by Crippen LogP contribution is 2.28. The minimum atomic E-state index is -0.260. The van der Waals surface area contributed by atoms with Gasteiger partial charge >= 0.3 is 0 Å². The van der Waals surface area contributed by atoms with Crippen LogP contribution in [0.25, 0.3) is 6.08 Å². The minimum absolute atomic E-state index is 0.0936. The monoisotopic (exact) mass is 261 g/mol. The van der Waals surface area contributed by atoms with Gasteiger partial charge in [-0.05, 0) is 30.4 Å². The number of amides is 1. The topological polar surface area (TPSA) is 67.8 Å². The summed E-state index contributed by atoms with van der Waals surface area (Å²) in [7, 11) is 1.58. The number of nitrogens with one attached hydrogen (secondary N) is 1. The van der Waals surface area contributed by atoms with E-state index in [0.717, 1.165) is 5.56 Å². The molecule has 100 valence electrons. The Balaban J connectivity index is 2.29. The Morgan fingerprint density at radius 2 is 2.32 bits per heavy atom. The standard InChI is InChI=1S/C14H15NO4/c1-18-12-2-3-13-11(9-12)8-10(4-7-19-13)14(17)15-5-6-16/h2-4,7-9,16H,5-6H2,1H3,(H,15,17). The molecule has 0 fully saturated rings. The van der Waals surface area contributed by atoms with E-state index in [1.807, 2.05) is 0 Å². The fraction of sp³-hybridized carbons (Fsp3) is 0.214. The molecule has 0 aliphatic carbocycles. The maximum absolute atomic E-state index is 11.8. The smallest absolute Gasteiger partial charge is 0.251 e. The largest absolute Gasteiger partial charge is 0.497 e. The molecule has 0 spiro atoms. The fourth-order valence-electron chi connectivity index (χ4n) is 1.68. The third kappa shape index (κ3) is 3.14. The van der Waals surface area contributed by atoms with Crippen LogP contribution in [0, 0.1) is 0 Å². The summed E-state index contributed by atoms with van der Waals surface area (Å²) >= 11 is 0. The molecule has 1 aromatic carbocycles. The van der Waals surface area contributed by atoms with E-state index in [1.165, 1.54) is 6.26 Å². The van der Waals surface area contributed by atoms with Crippen LogP contribution in [0.5, 0.6) is 11.5 Å². The summed E-state index contributed by atoms with van der Waals surface area (Å²) in [5, 5.41) is 11.3. The second-order valence-corrected chi connectivity index (χ2v) is 3.90. The van der Waals surface area contributed by atoms with Crippen LogP contribution in [-0.2, 0) is 4.79 Å². The van der Waals surface area contributed by atoms with Gasteiger partial charge in [0.25, 0.3) is 5.91 Å². The van der Waals surface area contributed by atoms with Gasteiger partial charge in [-0.25, -0.2) is 0 Å². The lowest BCUT2D eigenvalue weighted by Gasteiger charge is -2.06. The van der Waals surface area contributed by atoms with Crippen LogP contribution in [0.4, 0.5) is 0 Å². The number of aliphatic hydroxyl groups excluding tert-OH is 1. The normalized spacial score (nSPS) is 12.8. The summed E-state index contributed by atoms with van der Waals surface area (Å²) < 4.78 is 10.6. The fourth-order valence-corrected chi connectivity index (χ4v) is 1.68. The molecule has 1 amide bonds. The molecule has 2 N–H and O–H groups in total. The van der Waals surface area contributed by atoms with E-state index in [1.54, 1.807) is 37.5 Å². The van der Waals surface area contributed by atoms with Gasteiger partial charge in [0.1, 0.15) is 11.5 Å². The number of carbonyl (C=O) groups is 1. The molecule has 1 aromatic rings. The number of methoxy groups -OCH3 is 1. The number of hydrogen-bond donors (Lipinski definition) is 2. The first kappa shape index (κ1) is 13.2. The Morgan fingerprint density at radius 1 is 1.47 bits per heavy atom. The van der Waals surface area contributed by atoms with Crippen LogP contribution in [0.15, 0.2) is 36.1 Å². The first-order valence-corrected chi connectivity index (χ1v) is 5.86. The molecular weight excluding hydrogens is 246 g/mol. The molecular formula is C14H15NO4. The van der Waals surface area contributed by atoms with Crippen LogP contribution >= 0.6 is 0 Å². The Kier molecular flexibility index (Phi) is 4.20. The van der Waals surface area contributed by atoms with Crippen molar-refractivity contribution in [1.82, 2.24) is 5.32 Å². The number of hydrogen-bond acceptors (Lipinski definition) is 4. The number of rotatable bonds is 4. The van der Waals surface area contributed by atoms with Crippen molar-refractivity contribution >= 4 is 12.0 Å². The number of ether oxygens (including phenoxy) is 2. The Bertz CT molecular complexity index is 534. The Hall–Kier alpha value is -2.27. The molecule has 0 saturated heterocycles. The van der Waals surface area contributed by atoms with Crippen LogP contribution in [-0.4, -0.2) is 31.3 Å². The zero-order valence-electron chi connectivity index (χ0n) is 10.6. The quantitative estimate of drug-likeness (QED) is 0.851. The van der Waals surface area contributed by atoms with Crippen LogP contribution < -0.4 is 14.8 Å². The molecule has 5 heteroatoms. The third-order valence-electron chi connectivity index (χ3n) is 2.63. The molecule has 0 atom stereocenters. The molecule has 0 bridgehead atoms. The van der Waals surface area contributed by atoms with Crippen molar-refractivity contribution < 1.29 is 19.4 Å². The second kappa shape index (κ2) is 6.06. The molecule has 1 aliphatic rings. The second-order valence-electron chi connectivity index (χ2n) is 3.90. The highest BCUT2D eigenvalue weighted by Gasteiger charge is 2.12. The van der Waals surface area contributed by atoms with Crippen LogP contribution in [0.2, 0.25) is 0 Å². The van der Waals surface area contributed by atoms with E-state index in [0.29, 0.717) is 17.1 Å². The maximum atomic E-state index is 11.8. The zero-order chi connectivity index (χ0) is 13.7. The van der Waals surface area contributed by atoms with Crippen molar-refractivity contribution in [1.29, 1.82) is 0 Å². The summed E-state index contributed by atoms with van der Waals surface area (Å²) in [6.45, 7) is 0.124. The van der Waals surface area contributed by atoms with E-state index in [9.17, 15) is 4.79 Å². The van der Waals surface area contributed by atoms with Gasteiger partial charge in [-0.3, -0.25) is 4.79 Å². The molecule has 0 unspecified atom stereocenters. The third-order valence-corrected chi connectivity index (χ3v) is 2.63. The summed E-state index contributed by atoms with van der Waals surface area (Å²) in [4.78, 5) is 11.8. The number of aliphatic hydroxyl groups is 1. The molecule has 19 heavy (non-hydrogen) atoms. The average molecular weight is 261 g/mol. The lowest BCUT2D eigenvalue weighted by atomic mass is 10.1. The molecule has 5 nitrogen and oxygen atoms in total. The Morgan fingerprint density at radius 3 is 3.05 bits per heavy atom. The molecule has 1 heterocycles. The SMILES string of the molecule is COc1ccc2c(c1)C=C(C(=O)NCCO)C=CO2. The minimum Gasteiger partial charge on any atom is -0.497 e. The summed E-state index contributed by atoms with van der Waals surface area (Å²) in [5.74, 6) is 1.09. The van der Waals surface area contributed by atoms with Crippen molar-refractivity contribution in [2.45, 2.75) is 0 Å². The number of fused-ring (bicyclic) bond motifs is 1. The van der Waals surface area contributed by atoms with Gasteiger partial charge in [-0.2, -0.15) is 0 Å². The molecule has 2 rings (SSSR count). The van der Waals surface area contributed by atoms with Gasteiger partial charge in [-0.1, -0.05) is 0 Å². The lowest BCUT2D eigenvalue weighted by molar-refractivity contribution is -0.117. The van der Waals surface area contributed by atoms with E-state index < -0.39 is 0 Å². The summed E-state index contributed by atoms with van der Waals surface area (Å²) in [5.41, 5.74) is 1.22. The molecule has 0 radical (unpaired) electrons. The average Bonchev–Trinajstić information content (AvgIpc) is 2.65. The first-order valence-electron chi connectivity index (χ1n) is 5.86. The van der Waals surface area contributed by atoms with Gasteiger partial charge in [0, 0.05) is 17.7 Å². The first-order chi connectivity index (χ1) is 9.24. The Labute approximate surface area is 111 Å². The van der Waals surface area contributed by atoms with E-state index in [4.69, 9.17) is 14.6 Å². The molecule has 1 aliphatic heterocycles. The van der Waals surface area contributed by atoms with Gasteiger partial charge in [0.15, 0.2) is 0 Å². The summed E-state index contributed by atoms with van der Waals surface area (Å²) in [6, 6.07) is 5.36. The molecule has 0 aromatic heterocycles. The van der Waals surface area contributed by atoms with E-state index in [2.05, 4.69) is 5.32 Å². The maximum Gasteiger partial charge on any atom is 0.251 e. The van der Waals surface area contributed by atoms with E-state index in [-0.39, 0.29) is 19.1 Å². The van der Waals surface area contributed by atoms with Crippen molar-refractivity contribution in [3.63, 3.8) is 0 Å². The lowest BCUT2D eigenvalue weighted by Crippen LogP contribution is -2.27. The van der Waals surface area contributed by atoms with Crippen molar-refractivity contribution in [3.05, 3.63) is 41.7 Å². The van der Waals surface area contributed by atoms with Crippen LogP contribution in [0.3, 0.4) is 0 Å². The van der Waals surface area contributed by atoms with Gasteiger partial charge < -0.3 is 19.9 Å². The predicted molar refractivity (Wildman–Crippen MR) is 70.8 cm³/mol. The van der Waals surface area contributed by atoms with Gasteiger partial charge in [0.2, 0.25) is 0 Å². The van der Waals surface area contributed by atoms with Gasteiger partial charge in [-0.15, -0.1) is 0 Å². The summed E-state index contributed by atoms with van der Waals surface area (Å²) in [6.07, 6.45) is 4.76. The van der Waals surface area contributed by atoms with Gasteiger partial charge in [0.05, 0.1) is 20.0 Å². The van der Waals surface area contributed by atoms with Crippen molar-refractivity contribution in [3.8, 4) is 11.5 Å². The van der Waals surface area contributed by atoms with Crippen molar-refractivity contribution in [2.75, 3.05) is 20.3 Å². The molecule has 0 saturated carbocycles. The van der Waals surface area contributed by atoms with Crippen molar-refractivity contribution in [2.24, 2.45) is 0 Å². The van der Waals surface area contributed by atoms with E-state index >= 15 is 0 Å². The zero-order valence-corrected chi connectivity index (χ0v) is 10.6. The number of carbonyl (C=O) groups excluding carboxylic acids is 1.